The van der Waals surface area contributed by atoms with Crippen LogP contribution in [0.15, 0.2) is 24.3 Å². The molecule has 126 valence electrons. The van der Waals surface area contributed by atoms with Crippen molar-refractivity contribution in [2.24, 2.45) is 11.8 Å². The number of hydrogen-bond acceptors (Lipinski definition) is 2. The highest BCUT2D eigenvalue weighted by Crippen LogP contribution is 2.59. The Kier molecular flexibility index (Phi) is 3.62. The first-order valence-corrected chi connectivity index (χ1v) is 9.40. The molecule has 2 nitrogen and oxygen atoms in total. The Morgan fingerprint density at radius 3 is 2.26 bits per heavy atom. The van der Waals surface area contributed by atoms with E-state index in [2.05, 4.69) is 24.3 Å². The van der Waals surface area contributed by atoms with Crippen molar-refractivity contribution in [3.05, 3.63) is 35.4 Å². The van der Waals surface area contributed by atoms with Gasteiger partial charge in [0.2, 0.25) is 0 Å². The molecule has 3 saturated carbocycles. The third kappa shape index (κ3) is 2.74. The second kappa shape index (κ2) is 5.32. The summed E-state index contributed by atoms with van der Waals surface area (Å²) in [5.74, 6) is 2.25. The number of aliphatic hydroxyl groups is 2. The van der Waals surface area contributed by atoms with Crippen LogP contribution in [0, 0.1) is 11.8 Å². The van der Waals surface area contributed by atoms with Crippen LogP contribution in [0.1, 0.15) is 81.8 Å². The van der Waals surface area contributed by atoms with E-state index in [0.717, 1.165) is 32.1 Å². The van der Waals surface area contributed by atoms with Crippen molar-refractivity contribution in [1.29, 1.82) is 0 Å². The van der Waals surface area contributed by atoms with E-state index in [9.17, 15) is 10.2 Å². The highest BCUT2D eigenvalue weighted by Gasteiger charge is 2.54. The van der Waals surface area contributed by atoms with Crippen LogP contribution < -0.4 is 0 Å². The Bertz CT molecular complexity index is 579. The Balaban J connectivity index is 1.56. The molecule has 4 unspecified atom stereocenters. The van der Waals surface area contributed by atoms with Crippen molar-refractivity contribution < 1.29 is 10.2 Å². The smallest absolute Gasteiger partial charge is 0.0656 e. The summed E-state index contributed by atoms with van der Waals surface area (Å²) in [4.78, 5) is 0. The number of rotatable bonds is 2. The Morgan fingerprint density at radius 2 is 1.65 bits per heavy atom. The standard InChI is InChI=1S/C21H30O2/c1-20(22)10-8-14(9-11-20)15-4-3-5-16(12-15)19-17-6-7-18(19)21(2,23)13-17/h3-5,12,14,17-19,22-23H,6-11,13H2,1-2H3. The predicted molar refractivity (Wildman–Crippen MR) is 92.5 cm³/mol. The lowest BCUT2D eigenvalue weighted by molar-refractivity contribution is 0.00338. The summed E-state index contributed by atoms with van der Waals surface area (Å²) in [7, 11) is 0. The molecule has 2 heteroatoms. The van der Waals surface area contributed by atoms with E-state index in [0.29, 0.717) is 23.7 Å². The third-order valence-electron chi connectivity index (χ3n) is 7.09. The van der Waals surface area contributed by atoms with Crippen molar-refractivity contribution in [1.82, 2.24) is 0 Å². The molecule has 1 aromatic carbocycles. The summed E-state index contributed by atoms with van der Waals surface area (Å²) in [5.41, 5.74) is 1.97. The van der Waals surface area contributed by atoms with Gasteiger partial charge in [-0.2, -0.15) is 0 Å². The summed E-state index contributed by atoms with van der Waals surface area (Å²) in [6.07, 6.45) is 7.42. The monoisotopic (exact) mass is 314 g/mol. The molecule has 0 radical (unpaired) electrons. The topological polar surface area (TPSA) is 40.5 Å². The van der Waals surface area contributed by atoms with E-state index in [-0.39, 0.29) is 0 Å². The molecule has 4 atom stereocenters. The maximum atomic E-state index is 10.7. The average molecular weight is 314 g/mol. The van der Waals surface area contributed by atoms with Crippen molar-refractivity contribution in [2.45, 2.75) is 81.8 Å². The minimum atomic E-state index is -0.465. The van der Waals surface area contributed by atoms with Crippen LogP contribution in [0.4, 0.5) is 0 Å². The van der Waals surface area contributed by atoms with Crippen LogP contribution in [0.25, 0.3) is 0 Å². The molecule has 3 fully saturated rings. The minimum absolute atomic E-state index is 0.440. The van der Waals surface area contributed by atoms with E-state index >= 15 is 0 Å². The zero-order valence-corrected chi connectivity index (χ0v) is 14.5. The highest BCUT2D eigenvalue weighted by atomic mass is 16.3. The van der Waals surface area contributed by atoms with Gasteiger partial charge in [0.05, 0.1) is 11.2 Å². The van der Waals surface area contributed by atoms with Gasteiger partial charge in [-0.05, 0) is 93.6 Å². The molecule has 0 aromatic heterocycles. The quantitative estimate of drug-likeness (QED) is 0.851. The van der Waals surface area contributed by atoms with Crippen molar-refractivity contribution >= 4 is 0 Å². The van der Waals surface area contributed by atoms with Crippen LogP contribution in [-0.4, -0.2) is 21.4 Å². The van der Waals surface area contributed by atoms with E-state index < -0.39 is 11.2 Å². The van der Waals surface area contributed by atoms with Gasteiger partial charge in [-0.15, -0.1) is 0 Å². The van der Waals surface area contributed by atoms with E-state index in [1.54, 1.807) is 0 Å². The lowest BCUT2D eigenvalue weighted by atomic mass is 9.76. The SMILES string of the molecule is CC1(O)CCC(c2cccc(C3C4CCC3C(C)(O)C4)c2)CC1. The zero-order valence-electron chi connectivity index (χ0n) is 14.5. The maximum absolute atomic E-state index is 10.7. The summed E-state index contributed by atoms with van der Waals surface area (Å²) < 4.78 is 0. The van der Waals surface area contributed by atoms with E-state index in [1.165, 1.54) is 24.0 Å². The predicted octanol–water partition coefficient (Wildman–Crippen LogP) is 4.36. The fourth-order valence-electron chi connectivity index (χ4n) is 5.79. The molecule has 3 aliphatic carbocycles. The number of fused-ring (bicyclic) bond motifs is 2. The van der Waals surface area contributed by atoms with Gasteiger partial charge >= 0.3 is 0 Å². The summed E-state index contributed by atoms with van der Waals surface area (Å²) in [5, 5.41) is 20.8. The molecule has 23 heavy (non-hydrogen) atoms. The van der Waals surface area contributed by atoms with Crippen molar-refractivity contribution in [3.8, 4) is 0 Å². The number of hydrogen-bond donors (Lipinski definition) is 2. The van der Waals surface area contributed by atoms with Gasteiger partial charge < -0.3 is 10.2 Å². The molecule has 0 heterocycles. The molecule has 0 amide bonds. The first kappa shape index (κ1) is 15.7. The van der Waals surface area contributed by atoms with Crippen LogP contribution in [0.5, 0.6) is 0 Å². The van der Waals surface area contributed by atoms with Crippen LogP contribution in [-0.2, 0) is 0 Å². The van der Waals surface area contributed by atoms with Gasteiger partial charge in [-0.3, -0.25) is 0 Å². The van der Waals surface area contributed by atoms with Gasteiger partial charge in [-0.1, -0.05) is 24.3 Å². The molecular weight excluding hydrogens is 284 g/mol. The van der Waals surface area contributed by atoms with E-state index in [4.69, 9.17) is 0 Å². The average Bonchev–Trinajstić information content (AvgIpc) is 3.01. The molecule has 0 aliphatic heterocycles. The Morgan fingerprint density at radius 1 is 0.957 bits per heavy atom. The van der Waals surface area contributed by atoms with Gasteiger partial charge in [0.25, 0.3) is 0 Å². The summed E-state index contributed by atoms with van der Waals surface area (Å²) in [6.45, 7) is 4.01. The first-order chi connectivity index (χ1) is 10.9. The molecule has 2 bridgehead atoms. The van der Waals surface area contributed by atoms with Crippen LogP contribution in [0.3, 0.4) is 0 Å². The van der Waals surface area contributed by atoms with Gasteiger partial charge in [-0.25, -0.2) is 0 Å². The van der Waals surface area contributed by atoms with Gasteiger partial charge in [0.1, 0.15) is 0 Å². The molecule has 4 rings (SSSR count). The molecule has 2 N–H and O–H groups in total. The fourth-order valence-corrected chi connectivity index (χ4v) is 5.79. The normalized spacial score (nSPS) is 46.3. The second-order valence-corrected chi connectivity index (χ2v) is 8.97. The molecule has 3 aliphatic rings. The van der Waals surface area contributed by atoms with Crippen LogP contribution >= 0.6 is 0 Å². The first-order valence-electron chi connectivity index (χ1n) is 9.40. The van der Waals surface area contributed by atoms with Crippen molar-refractivity contribution in [3.63, 3.8) is 0 Å². The Hall–Kier alpha value is -0.860. The highest BCUT2D eigenvalue weighted by molar-refractivity contribution is 5.33. The largest absolute Gasteiger partial charge is 0.390 e. The summed E-state index contributed by atoms with van der Waals surface area (Å²) >= 11 is 0. The third-order valence-corrected chi connectivity index (χ3v) is 7.09. The minimum Gasteiger partial charge on any atom is -0.390 e. The molecule has 1 aromatic rings. The number of benzene rings is 1. The lowest BCUT2D eigenvalue weighted by Gasteiger charge is -2.33. The zero-order chi connectivity index (χ0) is 16.2. The van der Waals surface area contributed by atoms with Gasteiger partial charge in [0, 0.05) is 0 Å². The second-order valence-electron chi connectivity index (χ2n) is 8.97. The Labute approximate surface area is 139 Å². The van der Waals surface area contributed by atoms with Crippen molar-refractivity contribution in [2.75, 3.05) is 0 Å². The summed E-state index contributed by atoms with van der Waals surface area (Å²) in [6, 6.07) is 9.18. The fraction of sp³-hybridized carbons (Fsp3) is 0.714. The van der Waals surface area contributed by atoms with E-state index in [1.807, 2.05) is 13.8 Å². The molecule has 0 spiro atoms. The molecule has 0 saturated heterocycles. The van der Waals surface area contributed by atoms with Crippen LogP contribution in [0.2, 0.25) is 0 Å². The molecular formula is C21H30O2. The maximum Gasteiger partial charge on any atom is 0.0656 e. The lowest BCUT2D eigenvalue weighted by Crippen LogP contribution is -2.31. The van der Waals surface area contributed by atoms with Gasteiger partial charge in [0.15, 0.2) is 0 Å².